The van der Waals surface area contributed by atoms with E-state index in [1.54, 1.807) is 16.8 Å². The van der Waals surface area contributed by atoms with E-state index in [1.807, 2.05) is 19.3 Å². The summed E-state index contributed by atoms with van der Waals surface area (Å²) in [5, 5.41) is 4.38. The fourth-order valence-electron chi connectivity index (χ4n) is 1.82. The van der Waals surface area contributed by atoms with E-state index in [0.717, 1.165) is 11.3 Å². The zero-order chi connectivity index (χ0) is 11.7. The van der Waals surface area contributed by atoms with Crippen molar-refractivity contribution in [3.8, 4) is 11.1 Å². The molecule has 16 heavy (non-hydrogen) atoms. The lowest BCUT2D eigenvalue weighted by Gasteiger charge is -2.05. The third kappa shape index (κ3) is 1.85. The highest BCUT2D eigenvalue weighted by atomic mass is 19.1. The van der Waals surface area contributed by atoms with Crippen molar-refractivity contribution in [3.05, 3.63) is 42.0 Å². The van der Waals surface area contributed by atoms with Crippen LogP contribution in [0.25, 0.3) is 11.1 Å². The summed E-state index contributed by atoms with van der Waals surface area (Å²) in [6.45, 7) is 4.12. The highest BCUT2D eigenvalue weighted by Crippen LogP contribution is 2.29. The molecule has 2 rings (SSSR count). The summed E-state index contributed by atoms with van der Waals surface area (Å²) in [6.07, 6.45) is 1.87. The molecular weight excluding hydrogens is 203 g/mol. The molecule has 0 spiro atoms. The summed E-state index contributed by atoms with van der Waals surface area (Å²) in [7, 11) is 1.86. The van der Waals surface area contributed by atoms with Crippen molar-refractivity contribution in [1.82, 2.24) is 9.78 Å². The molecule has 0 amide bonds. The molecule has 0 saturated carbocycles. The molecule has 1 heterocycles. The minimum Gasteiger partial charge on any atom is -0.275 e. The molecule has 2 nitrogen and oxygen atoms in total. The van der Waals surface area contributed by atoms with Gasteiger partial charge in [0.25, 0.3) is 0 Å². The second-order valence-corrected chi connectivity index (χ2v) is 4.24. The number of aromatic nitrogens is 2. The standard InChI is InChI=1S/C13H15FN2/c1-9(2)13-11(8-16(3)15-13)10-6-4-5-7-12(10)14/h4-9H,1-3H3. The topological polar surface area (TPSA) is 17.8 Å². The van der Waals surface area contributed by atoms with Crippen LogP contribution < -0.4 is 0 Å². The molecule has 0 bridgehead atoms. The Kier molecular flexibility index (Phi) is 2.77. The van der Waals surface area contributed by atoms with Crippen molar-refractivity contribution >= 4 is 0 Å². The molecular formula is C13H15FN2. The van der Waals surface area contributed by atoms with Crippen LogP contribution in [0.2, 0.25) is 0 Å². The number of hydrogen-bond donors (Lipinski definition) is 0. The molecule has 0 aliphatic carbocycles. The van der Waals surface area contributed by atoms with Crippen molar-refractivity contribution < 1.29 is 4.39 Å². The largest absolute Gasteiger partial charge is 0.275 e. The van der Waals surface area contributed by atoms with Gasteiger partial charge in [0.15, 0.2) is 0 Å². The molecule has 0 aliphatic heterocycles. The van der Waals surface area contributed by atoms with Crippen LogP contribution in [0.4, 0.5) is 4.39 Å². The summed E-state index contributed by atoms with van der Waals surface area (Å²) in [4.78, 5) is 0. The van der Waals surface area contributed by atoms with E-state index in [0.29, 0.717) is 5.56 Å². The molecule has 0 unspecified atom stereocenters. The Morgan fingerprint density at radius 3 is 2.50 bits per heavy atom. The highest BCUT2D eigenvalue weighted by Gasteiger charge is 2.15. The minimum absolute atomic E-state index is 0.197. The molecule has 0 fully saturated rings. The minimum atomic E-state index is -0.197. The first-order valence-corrected chi connectivity index (χ1v) is 5.38. The van der Waals surface area contributed by atoms with Crippen molar-refractivity contribution in [1.29, 1.82) is 0 Å². The Balaban J connectivity index is 2.60. The molecule has 3 heteroatoms. The predicted octanol–water partition coefficient (Wildman–Crippen LogP) is 3.35. The Hall–Kier alpha value is -1.64. The van der Waals surface area contributed by atoms with Crippen molar-refractivity contribution in [2.45, 2.75) is 19.8 Å². The van der Waals surface area contributed by atoms with Gasteiger partial charge in [-0.15, -0.1) is 0 Å². The summed E-state index contributed by atoms with van der Waals surface area (Å²) in [6, 6.07) is 6.81. The van der Waals surface area contributed by atoms with Gasteiger partial charge in [0.2, 0.25) is 0 Å². The van der Waals surface area contributed by atoms with Crippen LogP contribution in [-0.4, -0.2) is 9.78 Å². The van der Waals surface area contributed by atoms with Crippen LogP contribution >= 0.6 is 0 Å². The van der Waals surface area contributed by atoms with E-state index in [-0.39, 0.29) is 11.7 Å². The van der Waals surface area contributed by atoms with Crippen LogP contribution in [0.3, 0.4) is 0 Å². The lowest BCUT2D eigenvalue weighted by Crippen LogP contribution is -1.94. The number of nitrogens with zero attached hydrogens (tertiary/aromatic N) is 2. The van der Waals surface area contributed by atoms with Gasteiger partial charge < -0.3 is 0 Å². The zero-order valence-electron chi connectivity index (χ0n) is 9.74. The van der Waals surface area contributed by atoms with Gasteiger partial charge >= 0.3 is 0 Å². The van der Waals surface area contributed by atoms with E-state index in [1.165, 1.54) is 6.07 Å². The zero-order valence-corrected chi connectivity index (χ0v) is 9.74. The number of benzene rings is 1. The highest BCUT2D eigenvalue weighted by molar-refractivity contribution is 5.66. The summed E-state index contributed by atoms with van der Waals surface area (Å²) < 4.78 is 15.4. The number of aryl methyl sites for hydroxylation is 1. The van der Waals surface area contributed by atoms with E-state index >= 15 is 0 Å². The van der Waals surface area contributed by atoms with Crippen molar-refractivity contribution in [2.75, 3.05) is 0 Å². The van der Waals surface area contributed by atoms with Gasteiger partial charge in [-0.05, 0) is 12.0 Å². The first-order chi connectivity index (χ1) is 7.59. The SMILES string of the molecule is CC(C)c1nn(C)cc1-c1ccccc1F. The molecule has 0 atom stereocenters. The third-order valence-corrected chi connectivity index (χ3v) is 2.57. The van der Waals surface area contributed by atoms with Gasteiger partial charge in [-0.25, -0.2) is 4.39 Å². The Morgan fingerprint density at radius 2 is 1.88 bits per heavy atom. The molecule has 84 valence electrons. The van der Waals surface area contributed by atoms with Crippen LogP contribution in [0.1, 0.15) is 25.5 Å². The maximum absolute atomic E-state index is 13.7. The molecule has 0 aliphatic rings. The van der Waals surface area contributed by atoms with Gasteiger partial charge in [-0.3, -0.25) is 4.68 Å². The second kappa shape index (κ2) is 4.08. The average molecular weight is 218 g/mol. The molecule has 0 saturated heterocycles. The summed E-state index contributed by atoms with van der Waals surface area (Å²) >= 11 is 0. The second-order valence-electron chi connectivity index (χ2n) is 4.24. The Bertz CT molecular complexity index is 500. The van der Waals surface area contributed by atoms with Crippen LogP contribution in [0.5, 0.6) is 0 Å². The summed E-state index contributed by atoms with van der Waals surface area (Å²) in [5.41, 5.74) is 2.45. The first kappa shape index (κ1) is 10.9. The average Bonchev–Trinajstić information content (AvgIpc) is 2.61. The predicted molar refractivity (Wildman–Crippen MR) is 62.7 cm³/mol. The normalized spacial score (nSPS) is 11.1. The maximum atomic E-state index is 13.7. The third-order valence-electron chi connectivity index (χ3n) is 2.57. The molecule has 1 aromatic heterocycles. The van der Waals surface area contributed by atoms with Gasteiger partial charge in [-0.2, -0.15) is 5.10 Å². The smallest absolute Gasteiger partial charge is 0.131 e. The number of rotatable bonds is 2. The summed E-state index contributed by atoms with van der Waals surface area (Å²) in [5.74, 6) is 0.0909. The number of hydrogen-bond acceptors (Lipinski definition) is 1. The monoisotopic (exact) mass is 218 g/mol. The maximum Gasteiger partial charge on any atom is 0.131 e. The first-order valence-electron chi connectivity index (χ1n) is 5.38. The fraction of sp³-hybridized carbons (Fsp3) is 0.308. The van der Waals surface area contributed by atoms with E-state index in [4.69, 9.17) is 0 Å². The lowest BCUT2D eigenvalue weighted by molar-refractivity contribution is 0.631. The van der Waals surface area contributed by atoms with E-state index < -0.39 is 0 Å². The van der Waals surface area contributed by atoms with Crippen LogP contribution in [-0.2, 0) is 7.05 Å². The molecule has 1 aromatic carbocycles. The quantitative estimate of drug-likeness (QED) is 0.755. The van der Waals surface area contributed by atoms with E-state index in [2.05, 4.69) is 18.9 Å². The van der Waals surface area contributed by atoms with E-state index in [9.17, 15) is 4.39 Å². The molecule has 2 aromatic rings. The van der Waals surface area contributed by atoms with Gasteiger partial charge in [-0.1, -0.05) is 32.0 Å². The Labute approximate surface area is 94.7 Å². The lowest BCUT2D eigenvalue weighted by atomic mass is 10.00. The Morgan fingerprint density at radius 1 is 1.19 bits per heavy atom. The van der Waals surface area contributed by atoms with Gasteiger partial charge in [0.1, 0.15) is 5.82 Å². The van der Waals surface area contributed by atoms with Gasteiger partial charge in [0.05, 0.1) is 5.69 Å². The van der Waals surface area contributed by atoms with Crippen LogP contribution in [0.15, 0.2) is 30.5 Å². The van der Waals surface area contributed by atoms with Crippen molar-refractivity contribution in [2.24, 2.45) is 7.05 Å². The molecule has 0 radical (unpaired) electrons. The van der Waals surface area contributed by atoms with Crippen molar-refractivity contribution in [3.63, 3.8) is 0 Å². The molecule has 0 N–H and O–H groups in total. The number of halogens is 1. The fourth-order valence-corrected chi connectivity index (χ4v) is 1.82. The van der Waals surface area contributed by atoms with Crippen LogP contribution in [0, 0.1) is 5.82 Å². The van der Waals surface area contributed by atoms with Gasteiger partial charge in [0, 0.05) is 24.4 Å².